The van der Waals surface area contributed by atoms with Crippen LogP contribution in [0.2, 0.25) is 0 Å². The smallest absolute Gasteiger partial charge is 0.430 e. The van der Waals surface area contributed by atoms with Gasteiger partial charge in [0.2, 0.25) is 0 Å². The summed E-state index contributed by atoms with van der Waals surface area (Å²) < 4.78 is 47.0. The zero-order valence-corrected chi connectivity index (χ0v) is 14.9. The Labute approximate surface area is 148 Å². The molecule has 0 spiro atoms. The number of hydrogen-bond acceptors (Lipinski definition) is 5. The van der Waals surface area contributed by atoms with E-state index in [0.29, 0.717) is 11.1 Å². The first-order valence-corrected chi connectivity index (χ1v) is 7.69. The molecule has 2 heterocycles. The van der Waals surface area contributed by atoms with Gasteiger partial charge in [0.25, 0.3) is 0 Å². The van der Waals surface area contributed by atoms with Crippen LogP contribution in [0, 0.1) is 6.92 Å². The maximum absolute atomic E-state index is 13.5. The number of aromatic nitrogens is 3. The Kier molecular flexibility index (Phi) is 5.00. The molecule has 0 aromatic carbocycles. The van der Waals surface area contributed by atoms with Crippen LogP contribution in [0.25, 0.3) is 11.0 Å². The van der Waals surface area contributed by atoms with Gasteiger partial charge in [0, 0.05) is 0 Å². The Morgan fingerprint density at radius 1 is 1.42 bits per heavy atom. The number of carbonyl (C=O) groups is 1. The van der Waals surface area contributed by atoms with Gasteiger partial charge >= 0.3 is 12.3 Å². The maximum Gasteiger partial charge on any atom is 0.430 e. The zero-order chi connectivity index (χ0) is 19.9. The van der Waals surface area contributed by atoms with Gasteiger partial charge in [-0.1, -0.05) is 6.08 Å². The first-order valence-electron chi connectivity index (χ1n) is 7.69. The number of ether oxygens (including phenoxy) is 1. The molecular formula is C16H20F3N5O2. The molecule has 0 bridgehead atoms. The fraction of sp³-hybridized carbons (Fsp3) is 0.438. The highest BCUT2D eigenvalue weighted by Crippen LogP contribution is 2.37. The third-order valence-corrected chi connectivity index (χ3v) is 3.31. The molecule has 0 aliphatic rings. The number of halogens is 3. The molecule has 26 heavy (non-hydrogen) atoms. The third-order valence-electron chi connectivity index (χ3n) is 3.31. The molecule has 0 atom stereocenters. The lowest BCUT2D eigenvalue weighted by Gasteiger charge is -2.24. The monoisotopic (exact) mass is 371 g/mol. The van der Waals surface area contributed by atoms with Crippen molar-refractivity contribution < 1.29 is 22.7 Å². The zero-order valence-electron chi connectivity index (χ0n) is 14.9. The lowest BCUT2D eigenvalue weighted by molar-refractivity contribution is -0.136. The van der Waals surface area contributed by atoms with Gasteiger partial charge in [-0.25, -0.2) is 20.3 Å². The van der Waals surface area contributed by atoms with Gasteiger partial charge in [0.15, 0.2) is 11.5 Å². The summed E-state index contributed by atoms with van der Waals surface area (Å²) >= 11 is 0. The number of hydrogen-bond donors (Lipinski definition) is 1. The summed E-state index contributed by atoms with van der Waals surface area (Å²) in [5.74, 6) is 5.26. The van der Waals surface area contributed by atoms with E-state index in [1.54, 1.807) is 20.8 Å². The molecule has 2 aromatic rings. The summed E-state index contributed by atoms with van der Waals surface area (Å²) in [5.41, 5.74) is -1.74. The Morgan fingerprint density at radius 2 is 2.04 bits per heavy atom. The van der Waals surface area contributed by atoms with Crippen molar-refractivity contribution >= 4 is 22.9 Å². The summed E-state index contributed by atoms with van der Waals surface area (Å²) in [6.07, 6.45) is -4.23. The van der Waals surface area contributed by atoms with Crippen LogP contribution in [0.3, 0.4) is 0 Å². The molecule has 0 fully saturated rings. The molecule has 0 aliphatic carbocycles. The number of pyridine rings is 1. The Morgan fingerprint density at radius 3 is 2.54 bits per heavy atom. The van der Waals surface area contributed by atoms with Crippen molar-refractivity contribution in [3.63, 3.8) is 0 Å². The summed E-state index contributed by atoms with van der Waals surface area (Å²) in [7, 11) is 0. The molecule has 2 aromatic heterocycles. The number of hydrazine groups is 1. The summed E-state index contributed by atoms with van der Waals surface area (Å²) in [4.78, 5) is 16.2. The van der Waals surface area contributed by atoms with Crippen LogP contribution in [0.5, 0.6) is 0 Å². The van der Waals surface area contributed by atoms with Gasteiger partial charge in [-0.3, -0.25) is 0 Å². The molecule has 0 saturated carbocycles. The number of allylic oxidation sites excluding steroid dienone is 1. The van der Waals surface area contributed by atoms with E-state index < -0.39 is 29.3 Å². The number of fused-ring (bicyclic) bond motifs is 1. The molecule has 10 heteroatoms. The van der Waals surface area contributed by atoms with Crippen LogP contribution < -0.4 is 10.9 Å². The molecule has 0 radical (unpaired) electrons. The minimum atomic E-state index is -4.68. The van der Waals surface area contributed by atoms with E-state index in [1.165, 1.54) is 17.7 Å². The number of nitrogens with two attached hydrogens (primary N) is 1. The van der Waals surface area contributed by atoms with Crippen LogP contribution in [0.4, 0.5) is 23.8 Å². The number of rotatable bonds is 3. The number of aryl methyl sites for hydroxylation is 1. The van der Waals surface area contributed by atoms with Crippen molar-refractivity contribution in [1.82, 2.24) is 14.8 Å². The lowest BCUT2D eigenvalue weighted by Crippen LogP contribution is -2.42. The lowest BCUT2D eigenvalue weighted by atomic mass is 10.1. The molecular weight excluding hydrogens is 351 g/mol. The van der Waals surface area contributed by atoms with Gasteiger partial charge in [-0.05, 0) is 33.8 Å². The second-order valence-corrected chi connectivity index (χ2v) is 6.63. The molecule has 142 valence electrons. The van der Waals surface area contributed by atoms with E-state index in [0.717, 1.165) is 0 Å². The molecule has 2 N–H and O–H groups in total. The third kappa shape index (κ3) is 3.96. The molecule has 7 nitrogen and oxygen atoms in total. The van der Waals surface area contributed by atoms with Crippen molar-refractivity contribution in [3.05, 3.63) is 30.0 Å². The fourth-order valence-electron chi connectivity index (χ4n) is 2.34. The topological polar surface area (TPSA) is 86.3 Å². The normalized spacial score (nSPS) is 12.3. The highest BCUT2D eigenvalue weighted by Gasteiger charge is 2.36. The first kappa shape index (κ1) is 19.7. The van der Waals surface area contributed by atoms with Crippen molar-refractivity contribution in [2.75, 3.05) is 5.01 Å². The molecule has 0 aliphatic heterocycles. The van der Waals surface area contributed by atoms with Gasteiger partial charge in [-0.2, -0.15) is 23.3 Å². The fourth-order valence-corrected chi connectivity index (χ4v) is 2.34. The molecule has 0 unspecified atom stereocenters. The van der Waals surface area contributed by atoms with Crippen LogP contribution in [0.15, 0.2) is 18.7 Å². The predicted octanol–water partition coefficient (Wildman–Crippen LogP) is 3.56. The van der Waals surface area contributed by atoms with E-state index in [1.807, 2.05) is 0 Å². The van der Waals surface area contributed by atoms with Crippen molar-refractivity contribution in [1.29, 1.82) is 0 Å². The van der Waals surface area contributed by atoms with Crippen LogP contribution >= 0.6 is 0 Å². The van der Waals surface area contributed by atoms with Crippen LogP contribution in [-0.4, -0.2) is 26.5 Å². The second-order valence-electron chi connectivity index (χ2n) is 6.63. The van der Waals surface area contributed by atoms with Gasteiger partial charge in [0.05, 0.1) is 23.2 Å². The number of anilines is 1. The quantitative estimate of drug-likeness (QED) is 0.386. The number of nitrogens with zero attached hydrogens (tertiary/aromatic N) is 4. The number of alkyl halides is 3. The van der Waals surface area contributed by atoms with E-state index in [4.69, 9.17) is 10.6 Å². The largest absolute Gasteiger partial charge is 0.442 e. The molecule has 0 saturated heterocycles. The number of carbonyl (C=O) groups excluding carboxylic acids is 1. The van der Waals surface area contributed by atoms with Gasteiger partial charge in [-0.15, -0.1) is 6.58 Å². The predicted molar refractivity (Wildman–Crippen MR) is 90.4 cm³/mol. The van der Waals surface area contributed by atoms with Crippen molar-refractivity contribution in [2.45, 2.75) is 46.0 Å². The minimum Gasteiger partial charge on any atom is -0.442 e. The Hall–Kier alpha value is -2.62. The highest BCUT2D eigenvalue weighted by atomic mass is 19.4. The van der Waals surface area contributed by atoms with Crippen LogP contribution in [0.1, 0.15) is 32.0 Å². The summed E-state index contributed by atoms with van der Waals surface area (Å²) in [5, 5.41) is 4.36. The average molecular weight is 371 g/mol. The minimum absolute atomic E-state index is 0.0498. The van der Waals surface area contributed by atoms with Crippen LogP contribution in [-0.2, 0) is 17.5 Å². The van der Waals surface area contributed by atoms with E-state index >= 15 is 0 Å². The first-order chi connectivity index (χ1) is 11.8. The Balaban J connectivity index is 2.66. The van der Waals surface area contributed by atoms with Crippen molar-refractivity contribution in [3.8, 4) is 0 Å². The highest BCUT2D eigenvalue weighted by molar-refractivity contribution is 5.90. The SMILES string of the molecule is C=CCn1nc(C)c2c(C(F)(F)F)cc(N(N)C(=O)OC(C)(C)C)nc21. The van der Waals surface area contributed by atoms with E-state index in [9.17, 15) is 18.0 Å². The van der Waals surface area contributed by atoms with Gasteiger partial charge < -0.3 is 4.74 Å². The molecule has 1 amide bonds. The Bertz CT molecular complexity index is 852. The molecule has 2 rings (SSSR count). The van der Waals surface area contributed by atoms with Gasteiger partial charge in [0.1, 0.15) is 5.60 Å². The summed E-state index contributed by atoms with van der Waals surface area (Å²) in [6.45, 7) is 9.98. The van der Waals surface area contributed by atoms with Crippen molar-refractivity contribution in [2.24, 2.45) is 5.84 Å². The standard InChI is InChI=1S/C16H20F3N5O2/c1-6-7-23-13-12(9(2)22-23)10(16(17,18)19)8-11(21-13)24(20)14(25)26-15(3,4)5/h6,8H,1,7,20H2,2-5H3. The second kappa shape index (κ2) is 6.60. The number of amides is 1. The van der Waals surface area contributed by atoms with E-state index in [-0.39, 0.29) is 23.3 Å². The average Bonchev–Trinajstić information content (AvgIpc) is 2.80. The maximum atomic E-state index is 13.5. The van der Waals surface area contributed by atoms with E-state index in [2.05, 4.69) is 16.7 Å². The summed E-state index contributed by atoms with van der Waals surface area (Å²) in [6, 6.07) is 0.708.